The van der Waals surface area contributed by atoms with E-state index in [0.29, 0.717) is 0 Å². The third-order valence-electron chi connectivity index (χ3n) is 2.59. The van der Waals surface area contributed by atoms with Crippen LogP contribution in [-0.4, -0.2) is 6.21 Å². The zero-order valence-corrected chi connectivity index (χ0v) is 10.7. The van der Waals surface area contributed by atoms with Crippen LogP contribution in [-0.2, 0) is 0 Å². The largest absolute Gasteiger partial charge is 0.256 e. The number of hydrogen-bond donors (Lipinski definition) is 0. The summed E-state index contributed by atoms with van der Waals surface area (Å²) < 4.78 is 0. The van der Waals surface area contributed by atoms with E-state index in [4.69, 9.17) is 11.6 Å². The van der Waals surface area contributed by atoms with Crippen LogP contribution >= 0.6 is 11.6 Å². The van der Waals surface area contributed by atoms with E-state index in [9.17, 15) is 0 Å². The normalized spacial score (nSPS) is 11.0. The molecule has 2 heteroatoms. The summed E-state index contributed by atoms with van der Waals surface area (Å²) in [6.45, 7) is 4.13. The molecule has 0 spiro atoms. The van der Waals surface area contributed by atoms with Gasteiger partial charge in [0.25, 0.3) is 0 Å². The molecule has 1 nitrogen and oxygen atoms in total. The lowest BCUT2D eigenvalue weighted by Gasteiger charge is -2.01. The minimum atomic E-state index is 0.744. The Bertz CT molecular complexity index is 541. The van der Waals surface area contributed by atoms with Gasteiger partial charge in [0.05, 0.1) is 5.69 Å². The van der Waals surface area contributed by atoms with Crippen LogP contribution in [0.5, 0.6) is 0 Å². The lowest BCUT2D eigenvalue weighted by molar-refractivity contribution is 1.35. The zero-order valence-electron chi connectivity index (χ0n) is 9.94. The Morgan fingerprint density at radius 3 is 2.41 bits per heavy atom. The van der Waals surface area contributed by atoms with Crippen molar-refractivity contribution in [2.75, 3.05) is 0 Å². The summed E-state index contributed by atoms with van der Waals surface area (Å²) >= 11 is 5.83. The van der Waals surface area contributed by atoms with Gasteiger partial charge in [-0.1, -0.05) is 35.9 Å². The molecule has 0 aliphatic carbocycles. The van der Waals surface area contributed by atoms with Crippen LogP contribution in [0.15, 0.2) is 47.5 Å². The Kier molecular flexibility index (Phi) is 3.60. The summed E-state index contributed by atoms with van der Waals surface area (Å²) in [5, 5.41) is 0.744. The molecule has 0 heterocycles. The van der Waals surface area contributed by atoms with Crippen molar-refractivity contribution in [3.8, 4) is 0 Å². The second-order valence-corrected chi connectivity index (χ2v) is 4.54. The van der Waals surface area contributed by atoms with Crippen LogP contribution in [0.4, 0.5) is 5.69 Å². The van der Waals surface area contributed by atoms with Gasteiger partial charge in [-0.2, -0.15) is 0 Å². The second-order valence-electron chi connectivity index (χ2n) is 4.10. The zero-order chi connectivity index (χ0) is 12.3. The molecule has 0 atom stereocenters. The maximum Gasteiger partial charge on any atom is 0.0661 e. The molecule has 0 bridgehead atoms. The standard InChI is InChI=1S/C15H14ClN/c1-11-3-4-12(2)15(9-11)17-10-13-5-7-14(16)8-6-13/h3-10H,1-2H3. The highest BCUT2D eigenvalue weighted by atomic mass is 35.5. The Morgan fingerprint density at radius 1 is 1.00 bits per heavy atom. The number of nitrogens with zero attached hydrogens (tertiary/aromatic N) is 1. The highest BCUT2D eigenvalue weighted by Gasteiger charge is 1.95. The predicted molar refractivity (Wildman–Crippen MR) is 74.6 cm³/mol. The molecule has 2 rings (SSSR count). The second kappa shape index (κ2) is 5.15. The molecule has 17 heavy (non-hydrogen) atoms. The van der Waals surface area contributed by atoms with Crippen LogP contribution < -0.4 is 0 Å². The van der Waals surface area contributed by atoms with Crippen molar-refractivity contribution >= 4 is 23.5 Å². The summed E-state index contributed by atoms with van der Waals surface area (Å²) in [4.78, 5) is 4.50. The third-order valence-corrected chi connectivity index (χ3v) is 2.84. The van der Waals surface area contributed by atoms with E-state index in [1.807, 2.05) is 30.5 Å². The lowest BCUT2D eigenvalue weighted by atomic mass is 10.1. The molecule has 0 radical (unpaired) electrons. The van der Waals surface area contributed by atoms with Crippen LogP contribution in [0.2, 0.25) is 5.02 Å². The van der Waals surface area contributed by atoms with Gasteiger partial charge in [-0.3, -0.25) is 4.99 Å². The van der Waals surface area contributed by atoms with Crippen LogP contribution in [0.25, 0.3) is 0 Å². The minimum Gasteiger partial charge on any atom is -0.256 e. The Labute approximate surface area is 107 Å². The molecule has 0 aliphatic rings. The molecule has 0 N–H and O–H groups in total. The lowest BCUT2D eigenvalue weighted by Crippen LogP contribution is -1.81. The van der Waals surface area contributed by atoms with Crippen LogP contribution in [0.1, 0.15) is 16.7 Å². The summed E-state index contributed by atoms with van der Waals surface area (Å²) in [6, 6.07) is 13.9. The van der Waals surface area contributed by atoms with E-state index in [2.05, 4.69) is 37.0 Å². The van der Waals surface area contributed by atoms with Gasteiger partial charge in [-0.15, -0.1) is 0 Å². The highest BCUT2D eigenvalue weighted by Crippen LogP contribution is 2.19. The molecule has 0 unspecified atom stereocenters. The van der Waals surface area contributed by atoms with E-state index in [-0.39, 0.29) is 0 Å². The molecular weight excluding hydrogens is 230 g/mol. The Hall–Kier alpha value is -1.60. The number of aliphatic imine (C=N–C) groups is 1. The number of benzene rings is 2. The van der Waals surface area contributed by atoms with Crippen molar-refractivity contribution in [2.45, 2.75) is 13.8 Å². The maximum atomic E-state index is 5.83. The van der Waals surface area contributed by atoms with Gasteiger partial charge in [0.1, 0.15) is 0 Å². The van der Waals surface area contributed by atoms with Crippen LogP contribution in [0.3, 0.4) is 0 Å². The van der Waals surface area contributed by atoms with E-state index >= 15 is 0 Å². The smallest absolute Gasteiger partial charge is 0.0661 e. The molecule has 0 aromatic heterocycles. The topological polar surface area (TPSA) is 12.4 Å². The van der Waals surface area contributed by atoms with Gasteiger partial charge >= 0.3 is 0 Å². The van der Waals surface area contributed by atoms with Crippen molar-refractivity contribution < 1.29 is 0 Å². The first kappa shape index (κ1) is 11.9. The number of halogens is 1. The fourth-order valence-corrected chi connectivity index (χ4v) is 1.68. The molecule has 0 aliphatic heterocycles. The number of rotatable bonds is 2. The fourth-order valence-electron chi connectivity index (χ4n) is 1.55. The van der Waals surface area contributed by atoms with Crippen LogP contribution in [0, 0.1) is 13.8 Å². The van der Waals surface area contributed by atoms with Gasteiger partial charge in [-0.05, 0) is 48.7 Å². The average molecular weight is 244 g/mol. The predicted octanol–water partition coefficient (Wildman–Crippen LogP) is 4.71. The highest BCUT2D eigenvalue weighted by molar-refractivity contribution is 6.30. The van der Waals surface area contributed by atoms with Gasteiger partial charge in [-0.25, -0.2) is 0 Å². The molecule has 86 valence electrons. The minimum absolute atomic E-state index is 0.744. The SMILES string of the molecule is Cc1ccc(C)c(N=Cc2ccc(Cl)cc2)c1. The fraction of sp³-hybridized carbons (Fsp3) is 0.133. The molecule has 2 aromatic carbocycles. The summed E-state index contributed by atoms with van der Waals surface area (Å²) in [6.07, 6.45) is 1.86. The number of aryl methyl sites for hydroxylation is 2. The van der Waals surface area contributed by atoms with Crippen molar-refractivity contribution in [1.29, 1.82) is 0 Å². The average Bonchev–Trinajstić information content (AvgIpc) is 2.32. The quantitative estimate of drug-likeness (QED) is 0.678. The first-order chi connectivity index (χ1) is 8.15. The monoisotopic (exact) mass is 243 g/mol. The maximum absolute atomic E-state index is 5.83. The summed E-state index contributed by atoms with van der Waals surface area (Å²) in [7, 11) is 0. The Balaban J connectivity index is 2.25. The van der Waals surface area contributed by atoms with Gasteiger partial charge in [0.15, 0.2) is 0 Å². The third kappa shape index (κ3) is 3.18. The first-order valence-corrected chi connectivity index (χ1v) is 5.90. The van der Waals surface area contributed by atoms with E-state index in [0.717, 1.165) is 16.3 Å². The first-order valence-electron chi connectivity index (χ1n) is 5.52. The number of hydrogen-bond acceptors (Lipinski definition) is 1. The van der Waals surface area contributed by atoms with Gasteiger partial charge in [0, 0.05) is 11.2 Å². The van der Waals surface area contributed by atoms with Crippen molar-refractivity contribution in [3.05, 3.63) is 64.2 Å². The van der Waals surface area contributed by atoms with Crippen molar-refractivity contribution in [3.63, 3.8) is 0 Å². The molecule has 0 saturated heterocycles. The van der Waals surface area contributed by atoms with E-state index in [1.54, 1.807) is 0 Å². The van der Waals surface area contributed by atoms with Crippen molar-refractivity contribution in [1.82, 2.24) is 0 Å². The summed E-state index contributed by atoms with van der Waals surface area (Å²) in [5.74, 6) is 0. The molecule has 2 aromatic rings. The van der Waals surface area contributed by atoms with E-state index in [1.165, 1.54) is 11.1 Å². The molecule has 0 amide bonds. The van der Waals surface area contributed by atoms with Gasteiger partial charge in [0.2, 0.25) is 0 Å². The molecule has 0 saturated carbocycles. The van der Waals surface area contributed by atoms with E-state index < -0.39 is 0 Å². The Morgan fingerprint density at radius 2 is 1.71 bits per heavy atom. The van der Waals surface area contributed by atoms with Gasteiger partial charge < -0.3 is 0 Å². The summed E-state index contributed by atoms with van der Waals surface area (Å²) in [5.41, 5.74) is 4.47. The van der Waals surface area contributed by atoms with Crippen molar-refractivity contribution in [2.24, 2.45) is 4.99 Å². The molecule has 0 fully saturated rings. The molecular formula is C15H14ClN.